The van der Waals surface area contributed by atoms with Crippen molar-refractivity contribution >= 4 is 49.8 Å². The maximum atomic E-state index is 6.20. The molecule has 2 nitrogen and oxygen atoms in total. The molecule has 0 saturated carbocycles. The highest BCUT2D eigenvalue weighted by Crippen LogP contribution is 2.43. The zero-order chi connectivity index (χ0) is 35.8. The van der Waals surface area contributed by atoms with E-state index in [-0.39, 0.29) is 0 Å². The third kappa shape index (κ3) is 5.81. The van der Waals surface area contributed by atoms with Crippen molar-refractivity contribution in [3.63, 3.8) is 0 Å². The van der Waals surface area contributed by atoms with E-state index in [9.17, 15) is 0 Å². The van der Waals surface area contributed by atoms with Gasteiger partial charge in [0.2, 0.25) is 0 Å². The maximum Gasteiger partial charge on any atom is 0.135 e. The van der Waals surface area contributed by atoms with Crippen molar-refractivity contribution in [2.75, 3.05) is 4.90 Å². The number of fused-ring (bicyclic) bond motifs is 4. The molecular weight excluding hydrogens is 655 g/mol. The van der Waals surface area contributed by atoms with Crippen molar-refractivity contribution in [1.29, 1.82) is 0 Å². The summed E-state index contributed by atoms with van der Waals surface area (Å²) in [7, 11) is 0. The van der Waals surface area contributed by atoms with E-state index < -0.39 is 0 Å². The minimum Gasteiger partial charge on any atom is -0.456 e. The summed E-state index contributed by atoms with van der Waals surface area (Å²) in [6.45, 7) is 0. The first-order valence-electron chi connectivity index (χ1n) is 18.4. The topological polar surface area (TPSA) is 16.4 Å². The Bertz CT molecular complexity index is 2920. The van der Waals surface area contributed by atoms with Crippen LogP contribution in [0, 0.1) is 0 Å². The van der Waals surface area contributed by atoms with Gasteiger partial charge >= 0.3 is 0 Å². The molecule has 0 amide bonds. The Labute approximate surface area is 314 Å². The van der Waals surface area contributed by atoms with Gasteiger partial charge in [-0.1, -0.05) is 158 Å². The molecule has 0 aliphatic rings. The molecule has 0 spiro atoms. The average molecular weight is 690 g/mol. The van der Waals surface area contributed by atoms with E-state index >= 15 is 0 Å². The molecule has 0 atom stereocenters. The molecule has 1 heterocycles. The van der Waals surface area contributed by atoms with E-state index in [1.54, 1.807) is 0 Å². The van der Waals surface area contributed by atoms with Gasteiger partial charge in [-0.25, -0.2) is 0 Å². The second-order valence-electron chi connectivity index (χ2n) is 13.8. The Morgan fingerprint density at radius 1 is 0.296 bits per heavy atom. The smallest absolute Gasteiger partial charge is 0.135 e. The molecule has 0 unspecified atom stereocenters. The van der Waals surface area contributed by atoms with Crippen LogP contribution in [0.1, 0.15) is 0 Å². The molecule has 0 aliphatic carbocycles. The Morgan fingerprint density at radius 2 is 0.870 bits per heavy atom. The van der Waals surface area contributed by atoms with Crippen molar-refractivity contribution in [2.45, 2.75) is 0 Å². The van der Waals surface area contributed by atoms with Crippen molar-refractivity contribution in [3.8, 4) is 44.5 Å². The van der Waals surface area contributed by atoms with E-state index in [0.717, 1.165) is 55.7 Å². The van der Waals surface area contributed by atoms with Crippen LogP contribution in [0.3, 0.4) is 0 Å². The first-order chi connectivity index (χ1) is 26.7. The number of anilines is 3. The van der Waals surface area contributed by atoms with Gasteiger partial charge in [-0.2, -0.15) is 0 Å². The number of hydrogen-bond acceptors (Lipinski definition) is 2. The minimum absolute atomic E-state index is 0.894. The molecule has 0 N–H and O–H groups in total. The zero-order valence-electron chi connectivity index (χ0n) is 29.6. The summed E-state index contributed by atoms with van der Waals surface area (Å²) in [5, 5.41) is 4.75. The molecule has 54 heavy (non-hydrogen) atoms. The average Bonchev–Trinajstić information content (AvgIpc) is 3.63. The van der Waals surface area contributed by atoms with Gasteiger partial charge in [0.25, 0.3) is 0 Å². The second kappa shape index (κ2) is 13.4. The molecular formula is C52H35NO. The van der Waals surface area contributed by atoms with Gasteiger partial charge in [0, 0.05) is 27.7 Å². The summed E-state index contributed by atoms with van der Waals surface area (Å²) in [5.41, 5.74) is 14.5. The largest absolute Gasteiger partial charge is 0.456 e. The zero-order valence-corrected chi connectivity index (χ0v) is 29.6. The quantitative estimate of drug-likeness (QED) is 0.166. The van der Waals surface area contributed by atoms with Crippen molar-refractivity contribution in [1.82, 2.24) is 0 Å². The summed E-state index contributed by atoms with van der Waals surface area (Å²) in [6, 6.07) is 76.0. The Kier molecular flexibility index (Phi) is 7.85. The van der Waals surface area contributed by atoms with Crippen molar-refractivity contribution in [3.05, 3.63) is 212 Å². The molecule has 254 valence electrons. The van der Waals surface area contributed by atoms with Crippen molar-refractivity contribution in [2.24, 2.45) is 0 Å². The molecule has 0 saturated heterocycles. The number of hydrogen-bond donors (Lipinski definition) is 0. The summed E-state index contributed by atoms with van der Waals surface area (Å²) in [4.78, 5) is 2.38. The fourth-order valence-corrected chi connectivity index (χ4v) is 7.72. The lowest BCUT2D eigenvalue weighted by Crippen LogP contribution is -2.11. The lowest BCUT2D eigenvalue weighted by atomic mass is 9.97. The minimum atomic E-state index is 0.894. The van der Waals surface area contributed by atoms with Crippen LogP contribution in [-0.2, 0) is 0 Å². The van der Waals surface area contributed by atoms with Crippen molar-refractivity contribution < 1.29 is 4.42 Å². The molecule has 0 radical (unpaired) electrons. The molecule has 0 bridgehead atoms. The summed E-state index contributed by atoms with van der Waals surface area (Å²) < 4.78 is 6.20. The highest BCUT2D eigenvalue weighted by Gasteiger charge is 2.19. The van der Waals surface area contributed by atoms with E-state index in [0.29, 0.717) is 0 Å². The molecule has 9 aromatic carbocycles. The maximum absolute atomic E-state index is 6.20. The highest BCUT2D eigenvalue weighted by atomic mass is 16.3. The molecule has 1 aromatic heterocycles. The van der Waals surface area contributed by atoms with Crippen LogP contribution in [0.25, 0.3) is 77.2 Å². The third-order valence-electron chi connectivity index (χ3n) is 10.5. The van der Waals surface area contributed by atoms with Gasteiger partial charge in [0.1, 0.15) is 11.2 Å². The molecule has 10 aromatic rings. The fraction of sp³-hybridized carbons (Fsp3) is 0. The Morgan fingerprint density at radius 3 is 1.70 bits per heavy atom. The van der Waals surface area contributed by atoms with Crippen LogP contribution in [0.2, 0.25) is 0 Å². The molecule has 2 heteroatoms. The van der Waals surface area contributed by atoms with Gasteiger partial charge in [-0.3, -0.25) is 0 Å². The SMILES string of the molecule is c1ccc(-c2ccc(N(c3cccc(-c4ccc(-c5ccc6ccccc6c5)cc4)c3)c3ccccc3-c3ccc4oc5ccccc5c4c3)cc2)cc1. The summed E-state index contributed by atoms with van der Waals surface area (Å²) >= 11 is 0. The predicted molar refractivity (Wildman–Crippen MR) is 228 cm³/mol. The van der Waals surface area contributed by atoms with E-state index in [2.05, 4.69) is 205 Å². The predicted octanol–water partition coefficient (Wildman–Crippen LogP) is 14.9. The normalized spacial score (nSPS) is 11.3. The standard InChI is InChI=1S/C52H35NO/c1-2-11-36(12-3-1)38-27-30-45(31-28-38)53(50-19-8-6-17-47(50)44-29-32-52-49(35-44)48-18-7-9-20-51(48)54-52)46-16-10-15-42(34-46)39-21-23-40(24-22-39)43-26-25-37-13-4-5-14-41(37)33-43/h1-35H. The van der Waals surface area contributed by atoms with Crippen LogP contribution in [-0.4, -0.2) is 0 Å². The monoisotopic (exact) mass is 689 g/mol. The Balaban J connectivity index is 1.07. The first kappa shape index (κ1) is 31.6. The second-order valence-corrected chi connectivity index (χ2v) is 13.8. The third-order valence-corrected chi connectivity index (χ3v) is 10.5. The van der Waals surface area contributed by atoms with Crippen LogP contribution < -0.4 is 4.90 Å². The van der Waals surface area contributed by atoms with Gasteiger partial charge in [0.05, 0.1) is 5.69 Å². The Hall–Kier alpha value is -7.16. The van der Waals surface area contributed by atoms with Gasteiger partial charge < -0.3 is 9.32 Å². The van der Waals surface area contributed by atoms with Crippen LogP contribution in [0.15, 0.2) is 217 Å². The molecule has 10 rings (SSSR count). The summed E-state index contributed by atoms with van der Waals surface area (Å²) in [6.07, 6.45) is 0. The van der Waals surface area contributed by atoms with Gasteiger partial charge in [0.15, 0.2) is 0 Å². The molecule has 0 fully saturated rings. The molecule has 0 aliphatic heterocycles. The van der Waals surface area contributed by atoms with Gasteiger partial charge in [-0.15, -0.1) is 0 Å². The number of para-hydroxylation sites is 2. The van der Waals surface area contributed by atoms with Crippen LogP contribution in [0.4, 0.5) is 17.1 Å². The fourth-order valence-electron chi connectivity index (χ4n) is 7.72. The number of rotatable bonds is 7. The van der Waals surface area contributed by atoms with E-state index in [4.69, 9.17) is 4.42 Å². The van der Waals surface area contributed by atoms with E-state index in [1.807, 2.05) is 12.1 Å². The summed E-state index contributed by atoms with van der Waals surface area (Å²) in [5.74, 6) is 0. The van der Waals surface area contributed by atoms with Crippen LogP contribution >= 0.6 is 0 Å². The van der Waals surface area contributed by atoms with Crippen LogP contribution in [0.5, 0.6) is 0 Å². The number of benzene rings is 9. The first-order valence-corrected chi connectivity index (χ1v) is 18.4. The lowest BCUT2D eigenvalue weighted by Gasteiger charge is -2.28. The highest BCUT2D eigenvalue weighted by molar-refractivity contribution is 6.07. The number of furan rings is 1. The van der Waals surface area contributed by atoms with Gasteiger partial charge in [-0.05, 0) is 104 Å². The lowest BCUT2D eigenvalue weighted by molar-refractivity contribution is 0.669. The van der Waals surface area contributed by atoms with E-state index in [1.165, 1.54) is 38.6 Å². The number of nitrogens with zero attached hydrogens (tertiary/aromatic N) is 1.